The first-order chi connectivity index (χ1) is 16.7. The molecule has 1 saturated heterocycles. The number of methoxy groups -OCH3 is 1. The molecule has 1 aromatic heterocycles. The van der Waals surface area contributed by atoms with Crippen LogP contribution in [0.25, 0.3) is 5.69 Å². The third-order valence-electron chi connectivity index (χ3n) is 5.50. The van der Waals surface area contributed by atoms with Gasteiger partial charge in [-0.2, -0.15) is 17.9 Å². The lowest BCUT2D eigenvalue weighted by atomic mass is 9.87. The van der Waals surface area contributed by atoms with Crippen LogP contribution in [0.4, 0.5) is 13.2 Å². The van der Waals surface area contributed by atoms with Gasteiger partial charge in [-0.3, -0.25) is 0 Å². The summed E-state index contributed by atoms with van der Waals surface area (Å²) in [5, 5.41) is 16.8. The molecular weight excluding hydrogens is 457 g/mol. The van der Waals surface area contributed by atoms with E-state index in [2.05, 4.69) is 59.1 Å². The maximum absolute atomic E-state index is 13.2. The molecule has 0 bridgehead atoms. The number of hydrogen-bond acceptors (Lipinski definition) is 6. The van der Waals surface area contributed by atoms with Gasteiger partial charge in [-0.1, -0.05) is 51.1 Å². The lowest BCUT2D eigenvalue weighted by Gasteiger charge is -2.33. The molecule has 1 fully saturated rings. The Morgan fingerprint density at radius 2 is 1.86 bits per heavy atom. The molecule has 2 N–H and O–H groups in total. The fraction of sp³-hybridized carbons (Fsp3) is 0.480. The molecule has 2 atom stereocenters. The van der Waals surface area contributed by atoms with Gasteiger partial charge in [0.15, 0.2) is 0 Å². The van der Waals surface area contributed by atoms with Gasteiger partial charge in [-0.25, -0.2) is 0 Å². The van der Waals surface area contributed by atoms with Crippen molar-refractivity contribution in [3.63, 3.8) is 0 Å². The number of aromatic nitrogens is 4. The van der Waals surface area contributed by atoms with E-state index in [-0.39, 0.29) is 11.7 Å². The lowest BCUT2D eigenvalue weighted by Crippen LogP contribution is -2.45. The molecule has 0 aliphatic carbocycles. The number of tetrazole rings is 1. The highest BCUT2D eigenvalue weighted by Crippen LogP contribution is 2.30. The Hall–Kier alpha value is -2.98. The molecule has 0 radical (unpaired) electrons. The Morgan fingerprint density at radius 1 is 1.14 bits per heavy atom. The summed E-state index contributed by atoms with van der Waals surface area (Å²) in [5.74, 6) is 0.544. The minimum absolute atomic E-state index is 0.218. The van der Waals surface area contributed by atoms with Gasteiger partial charge >= 0.3 is 6.18 Å². The molecule has 7 nitrogen and oxygen atoms in total. The highest BCUT2D eigenvalue weighted by atomic mass is 19.4. The predicted octanol–water partition coefficient (Wildman–Crippen LogP) is 4.59. The molecule has 3 aromatic rings. The quantitative estimate of drug-likeness (QED) is 0.527. The summed E-state index contributed by atoms with van der Waals surface area (Å²) in [6, 6.07) is 15.2. The minimum Gasteiger partial charge on any atom is -0.496 e. The van der Waals surface area contributed by atoms with E-state index in [1.807, 2.05) is 18.2 Å². The number of hydrogen-bond donors (Lipinski definition) is 2. The third-order valence-corrected chi connectivity index (χ3v) is 5.50. The van der Waals surface area contributed by atoms with Crippen molar-refractivity contribution in [1.29, 1.82) is 0 Å². The smallest absolute Gasteiger partial charge is 0.453 e. The van der Waals surface area contributed by atoms with Gasteiger partial charge < -0.3 is 15.4 Å². The second-order valence-corrected chi connectivity index (χ2v) is 9.14. The summed E-state index contributed by atoms with van der Waals surface area (Å²) in [6.07, 6.45) is -3.72. The molecule has 4 rings (SSSR count). The zero-order valence-corrected chi connectivity index (χ0v) is 20.5. The van der Waals surface area contributed by atoms with Crippen molar-refractivity contribution in [3.8, 4) is 11.4 Å². The van der Waals surface area contributed by atoms with Gasteiger partial charge in [0, 0.05) is 30.6 Å². The fourth-order valence-corrected chi connectivity index (χ4v) is 3.97. The number of piperidine rings is 1. The SMILES string of the molecule is CC(C)C.COc1ccc(-n2nnnc2C(F)(F)F)cc1CNC1CCNCC1c1ccccc1. The molecule has 35 heavy (non-hydrogen) atoms. The third kappa shape index (κ3) is 7.25. The first kappa shape index (κ1) is 26.6. The minimum atomic E-state index is -4.65. The van der Waals surface area contributed by atoms with Crippen LogP contribution in [0.15, 0.2) is 48.5 Å². The molecule has 1 aliphatic heterocycles. The Balaban J connectivity index is 0.000000795. The van der Waals surface area contributed by atoms with Crippen molar-refractivity contribution in [2.75, 3.05) is 20.2 Å². The van der Waals surface area contributed by atoms with E-state index < -0.39 is 12.0 Å². The maximum atomic E-state index is 13.2. The largest absolute Gasteiger partial charge is 0.496 e. The number of nitrogens with one attached hydrogen (secondary N) is 2. The van der Waals surface area contributed by atoms with Crippen LogP contribution < -0.4 is 15.4 Å². The summed E-state index contributed by atoms with van der Waals surface area (Å²) >= 11 is 0. The van der Waals surface area contributed by atoms with Crippen LogP contribution in [0.3, 0.4) is 0 Å². The molecule has 2 aromatic carbocycles. The monoisotopic (exact) mass is 490 g/mol. The van der Waals surface area contributed by atoms with Gasteiger partial charge in [0.2, 0.25) is 0 Å². The van der Waals surface area contributed by atoms with Crippen molar-refractivity contribution in [1.82, 2.24) is 30.8 Å². The molecule has 2 heterocycles. The zero-order valence-electron chi connectivity index (χ0n) is 20.5. The van der Waals surface area contributed by atoms with Crippen LogP contribution in [-0.2, 0) is 12.7 Å². The Labute approximate surface area is 204 Å². The second kappa shape index (κ2) is 12.1. The number of ether oxygens (including phenoxy) is 1. The van der Waals surface area contributed by atoms with Crippen LogP contribution in [0, 0.1) is 5.92 Å². The van der Waals surface area contributed by atoms with Gasteiger partial charge in [0.25, 0.3) is 5.82 Å². The van der Waals surface area contributed by atoms with E-state index in [9.17, 15) is 13.2 Å². The number of nitrogens with zero attached hydrogens (tertiary/aromatic N) is 4. The summed E-state index contributed by atoms with van der Waals surface area (Å²) in [4.78, 5) is 0. The lowest BCUT2D eigenvalue weighted by molar-refractivity contribution is -0.146. The van der Waals surface area contributed by atoms with E-state index in [0.29, 0.717) is 22.9 Å². The topological polar surface area (TPSA) is 76.9 Å². The normalized spacial score (nSPS) is 18.2. The number of rotatable bonds is 6. The van der Waals surface area contributed by atoms with Crippen molar-refractivity contribution < 1.29 is 17.9 Å². The molecular formula is C25H33F3N6O. The van der Waals surface area contributed by atoms with Crippen LogP contribution in [0.2, 0.25) is 0 Å². The Morgan fingerprint density at radius 3 is 2.51 bits per heavy atom. The average molecular weight is 491 g/mol. The van der Waals surface area contributed by atoms with E-state index in [0.717, 1.165) is 31.0 Å². The van der Waals surface area contributed by atoms with Crippen LogP contribution in [0.5, 0.6) is 5.75 Å². The van der Waals surface area contributed by atoms with Crippen molar-refractivity contribution >= 4 is 0 Å². The maximum Gasteiger partial charge on any atom is 0.453 e. The Bertz CT molecular complexity index is 1050. The van der Waals surface area contributed by atoms with E-state index >= 15 is 0 Å². The second-order valence-electron chi connectivity index (χ2n) is 9.14. The van der Waals surface area contributed by atoms with Gasteiger partial charge in [0.05, 0.1) is 12.8 Å². The standard InChI is InChI=1S/C21H23F3N6O.C4H10/c1-31-19-8-7-16(30-20(21(22,23)24)27-28-29-30)11-15(19)12-26-18-9-10-25-13-17(18)14-5-3-2-4-6-14;1-4(2)3/h2-8,11,17-18,25-26H,9-10,12-13H2,1H3;4H,1-3H3. The summed E-state index contributed by atoms with van der Waals surface area (Å²) < 4.78 is 45.7. The molecule has 2 unspecified atom stereocenters. The molecule has 1 aliphatic rings. The summed E-state index contributed by atoms with van der Waals surface area (Å²) in [7, 11) is 1.54. The summed E-state index contributed by atoms with van der Waals surface area (Å²) in [5.41, 5.74) is 2.20. The first-order valence-electron chi connectivity index (χ1n) is 11.7. The van der Waals surface area contributed by atoms with E-state index in [4.69, 9.17) is 4.74 Å². The Kier molecular flexibility index (Phi) is 9.22. The highest BCUT2D eigenvalue weighted by molar-refractivity contribution is 5.44. The molecule has 0 saturated carbocycles. The van der Waals surface area contributed by atoms with E-state index in [1.54, 1.807) is 12.1 Å². The van der Waals surface area contributed by atoms with E-state index in [1.165, 1.54) is 18.7 Å². The van der Waals surface area contributed by atoms with Crippen molar-refractivity contribution in [2.45, 2.75) is 51.9 Å². The molecule has 0 amide bonds. The molecule has 0 spiro atoms. The highest BCUT2D eigenvalue weighted by Gasteiger charge is 2.38. The van der Waals surface area contributed by atoms with Gasteiger partial charge in [-0.15, -0.1) is 5.10 Å². The first-order valence-corrected chi connectivity index (χ1v) is 11.7. The van der Waals surface area contributed by atoms with Gasteiger partial charge in [-0.05, 0) is 53.1 Å². The van der Waals surface area contributed by atoms with Gasteiger partial charge in [0.1, 0.15) is 5.75 Å². The molecule has 190 valence electrons. The predicted molar refractivity (Wildman–Crippen MR) is 129 cm³/mol. The number of benzene rings is 2. The van der Waals surface area contributed by atoms with Crippen molar-refractivity contribution in [3.05, 3.63) is 65.5 Å². The van der Waals surface area contributed by atoms with Crippen LogP contribution >= 0.6 is 0 Å². The van der Waals surface area contributed by atoms with Crippen molar-refractivity contribution in [2.24, 2.45) is 5.92 Å². The summed E-state index contributed by atoms with van der Waals surface area (Å²) in [6.45, 7) is 8.70. The fourth-order valence-electron chi connectivity index (χ4n) is 3.97. The zero-order chi connectivity index (χ0) is 25.4. The number of halogens is 3. The average Bonchev–Trinajstić information content (AvgIpc) is 3.34. The number of alkyl halides is 3. The molecule has 10 heteroatoms. The van der Waals surface area contributed by atoms with Crippen LogP contribution in [0.1, 0.15) is 50.1 Å². The van der Waals surface area contributed by atoms with Crippen LogP contribution in [-0.4, -0.2) is 46.4 Å².